The molecule has 0 radical (unpaired) electrons. The summed E-state index contributed by atoms with van der Waals surface area (Å²) < 4.78 is 0. The van der Waals surface area contributed by atoms with Crippen molar-refractivity contribution in [3.05, 3.63) is 34.9 Å². The maximum Gasteiger partial charge on any atom is 0.335 e. The quantitative estimate of drug-likeness (QED) is 0.879. The van der Waals surface area contributed by atoms with Crippen LogP contribution < -0.4 is 0 Å². The molecule has 5 heteroatoms. The summed E-state index contributed by atoms with van der Waals surface area (Å²) in [7, 11) is 4.06. The van der Waals surface area contributed by atoms with Crippen molar-refractivity contribution in [1.82, 2.24) is 9.80 Å². The van der Waals surface area contributed by atoms with Gasteiger partial charge < -0.3 is 14.9 Å². The molecule has 1 aromatic carbocycles. The molecule has 1 amide bonds. The van der Waals surface area contributed by atoms with Crippen LogP contribution >= 0.6 is 0 Å². The van der Waals surface area contributed by atoms with Gasteiger partial charge in [-0.05, 0) is 80.8 Å². The first-order valence-corrected chi connectivity index (χ1v) is 9.72. The lowest BCUT2D eigenvalue weighted by molar-refractivity contribution is -0.131. The standard InChI is InChI=1S/C21H30N2O3/c1-22-10-4-5-15(13-22)14-23(2)20(24)12-17-7-3-6-16-8-9-18(21(25)26)11-19(16)17/h8-9,11,15,17H,3-7,10,12-14H2,1-2H3,(H,25,26). The van der Waals surface area contributed by atoms with Gasteiger partial charge in [0, 0.05) is 26.6 Å². The van der Waals surface area contributed by atoms with Crippen LogP contribution in [0.2, 0.25) is 0 Å². The van der Waals surface area contributed by atoms with Crippen LogP contribution in [0.4, 0.5) is 0 Å². The van der Waals surface area contributed by atoms with Gasteiger partial charge in [-0.25, -0.2) is 4.79 Å². The van der Waals surface area contributed by atoms with E-state index in [9.17, 15) is 14.7 Å². The molecule has 1 aromatic rings. The van der Waals surface area contributed by atoms with Crippen molar-refractivity contribution in [3.63, 3.8) is 0 Å². The number of hydrogen-bond donors (Lipinski definition) is 1. The number of fused-ring (bicyclic) bond motifs is 1. The Morgan fingerprint density at radius 3 is 2.81 bits per heavy atom. The van der Waals surface area contributed by atoms with Crippen molar-refractivity contribution < 1.29 is 14.7 Å². The highest BCUT2D eigenvalue weighted by molar-refractivity contribution is 5.88. The van der Waals surface area contributed by atoms with E-state index in [2.05, 4.69) is 11.9 Å². The Hall–Kier alpha value is -1.88. The minimum Gasteiger partial charge on any atom is -0.478 e. The molecule has 26 heavy (non-hydrogen) atoms. The van der Waals surface area contributed by atoms with Gasteiger partial charge in [-0.1, -0.05) is 6.07 Å². The third kappa shape index (κ3) is 4.44. The predicted octanol–water partition coefficient (Wildman–Crippen LogP) is 3.00. The van der Waals surface area contributed by atoms with Crippen LogP contribution in [0.3, 0.4) is 0 Å². The number of carbonyl (C=O) groups excluding carboxylic acids is 1. The van der Waals surface area contributed by atoms with Gasteiger partial charge in [-0.15, -0.1) is 0 Å². The van der Waals surface area contributed by atoms with Gasteiger partial charge in [0.15, 0.2) is 0 Å². The Morgan fingerprint density at radius 2 is 2.08 bits per heavy atom. The second kappa shape index (κ2) is 8.21. The number of aromatic carboxylic acids is 1. The summed E-state index contributed by atoms with van der Waals surface area (Å²) >= 11 is 0. The van der Waals surface area contributed by atoms with Gasteiger partial charge in [0.25, 0.3) is 0 Å². The van der Waals surface area contributed by atoms with E-state index >= 15 is 0 Å². The normalized spacial score (nSPS) is 23.3. The molecule has 0 bridgehead atoms. The van der Waals surface area contributed by atoms with E-state index in [0.29, 0.717) is 17.9 Å². The molecule has 1 N–H and O–H groups in total. The maximum atomic E-state index is 12.8. The number of carboxylic acid groups (broad SMARTS) is 1. The van der Waals surface area contributed by atoms with Crippen LogP contribution in [0, 0.1) is 5.92 Å². The molecule has 1 saturated heterocycles. The van der Waals surface area contributed by atoms with Gasteiger partial charge in [0.2, 0.25) is 5.91 Å². The number of nitrogens with zero attached hydrogens (tertiary/aromatic N) is 2. The highest BCUT2D eigenvalue weighted by atomic mass is 16.4. The van der Waals surface area contributed by atoms with E-state index in [-0.39, 0.29) is 11.8 Å². The monoisotopic (exact) mass is 358 g/mol. The Labute approximate surface area is 156 Å². The number of piperidine rings is 1. The molecular weight excluding hydrogens is 328 g/mol. The zero-order valence-electron chi connectivity index (χ0n) is 15.9. The number of aryl methyl sites for hydroxylation is 1. The molecule has 1 fully saturated rings. The smallest absolute Gasteiger partial charge is 0.335 e. The molecule has 0 saturated carbocycles. The van der Waals surface area contributed by atoms with E-state index in [1.54, 1.807) is 12.1 Å². The lowest BCUT2D eigenvalue weighted by atomic mass is 9.80. The molecule has 1 aliphatic heterocycles. The number of rotatable bonds is 5. The first kappa shape index (κ1) is 18.9. The van der Waals surface area contributed by atoms with Crippen molar-refractivity contribution in [2.45, 2.75) is 44.4 Å². The van der Waals surface area contributed by atoms with Crippen molar-refractivity contribution >= 4 is 11.9 Å². The summed E-state index contributed by atoms with van der Waals surface area (Å²) in [5, 5.41) is 9.27. The first-order chi connectivity index (χ1) is 12.4. The molecule has 1 heterocycles. The predicted molar refractivity (Wildman–Crippen MR) is 102 cm³/mol. The van der Waals surface area contributed by atoms with Crippen LogP contribution in [-0.4, -0.2) is 60.5 Å². The Morgan fingerprint density at radius 1 is 1.27 bits per heavy atom. The molecule has 2 aliphatic rings. The largest absolute Gasteiger partial charge is 0.478 e. The SMILES string of the molecule is CN1CCCC(CN(C)C(=O)CC2CCCc3ccc(C(=O)O)cc32)C1. The van der Waals surface area contributed by atoms with E-state index in [4.69, 9.17) is 0 Å². The zero-order chi connectivity index (χ0) is 18.7. The summed E-state index contributed by atoms with van der Waals surface area (Å²) in [6, 6.07) is 5.39. The topological polar surface area (TPSA) is 60.9 Å². The number of likely N-dealkylation sites (tertiary alicyclic amines) is 1. The third-order valence-corrected chi connectivity index (χ3v) is 5.93. The van der Waals surface area contributed by atoms with E-state index < -0.39 is 5.97 Å². The number of carboxylic acids is 1. The maximum absolute atomic E-state index is 12.8. The summed E-state index contributed by atoms with van der Waals surface area (Å²) in [6.07, 6.45) is 5.88. The fourth-order valence-electron chi connectivity index (χ4n) is 4.52. The lowest BCUT2D eigenvalue weighted by Crippen LogP contribution is -2.40. The van der Waals surface area contributed by atoms with E-state index in [1.807, 2.05) is 18.0 Å². The Kier molecular flexibility index (Phi) is 5.97. The van der Waals surface area contributed by atoms with E-state index in [0.717, 1.165) is 44.5 Å². The van der Waals surface area contributed by atoms with Crippen LogP contribution in [0.25, 0.3) is 0 Å². The van der Waals surface area contributed by atoms with Gasteiger partial charge >= 0.3 is 5.97 Å². The number of amides is 1. The Balaban J connectivity index is 1.64. The number of benzene rings is 1. The summed E-state index contributed by atoms with van der Waals surface area (Å²) in [4.78, 5) is 28.3. The second-order valence-electron chi connectivity index (χ2n) is 8.06. The molecular formula is C21H30N2O3. The average molecular weight is 358 g/mol. The fourth-order valence-corrected chi connectivity index (χ4v) is 4.52. The summed E-state index contributed by atoms with van der Waals surface area (Å²) in [5.74, 6) is -0.0271. The third-order valence-electron chi connectivity index (χ3n) is 5.93. The highest BCUT2D eigenvalue weighted by Crippen LogP contribution is 2.35. The van der Waals surface area contributed by atoms with Gasteiger partial charge in [0.1, 0.15) is 0 Å². The van der Waals surface area contributed by atoms with Crippen molar-refractivity contribution in [1.29, 1.82) is 0 Å². The van der Waals surface area contributed by atoms with Crippen molar-refractivity contribution in [3.8, 4) is 0 Å². The van der Waals surface area contributed by atoms with Gasteiger partial charge in [0.05, 0.1) is 5.56 Å². The second-order valence-corrected chi connectivity index (χ2v) is 8.06. The molecule has 3 rings (SSSR count). The number of hydrogen-bond acceptors (Lipinski definition) is 3. The summed E-state index contributed by atoms with van der Waals surface area (Å²) in [6.45, 7) is 3.03. The zero-order valence-corrected chi connectivity index (χ0v) is 15.9. The van der Waals surface area contributed by atoms with Crippen LogP contribution in [0.1, 0.15) is 59.5 Å². The Bertz CT molecular complexity index is 673. The molecule has 2 atom stereocenters. The van der Waals surface area contributed by atoms with Crippen LogP contribution in [0.15, 0.2) is 18.2 Å². The molecule has 142 valence electrons. The minimum atomic E-state index is -0.901. The van der Waals surface area contributed by atoms with Gasteiger partial charge in [-0.3, -0.25) is 4.79 Å². The summed E-state index contributed by atoms with van der Waals surface area (Å²) in [5.41, 5.74) is 2.59. The van der Waals surface area contributed by atoms with Crippen molar-refractivity contribution in [2.24, 2.45) is 5.92 Å². The molecule has 0 aromatic heterocycles. The lowest BCUT2D eigenvalue weighted by Gasteiger charge is -2.33. The molecule has 1 aliphatic carbocycles. The van der Waals surface area contributed by atoms with Crippen LogP contribution in [0.5, 0.6) is 0 Å². The average Bonchev–Trinajstić information content (AvgIpc) is 2.61. The molecule has 5 nitrogen and oxygen atoms in total. The van der Waals surface area contributed by atoms with Crippen molar-refractivity contribution in [2.75, 3.05) is 33.7 Å². The van der Waals surface area contributed by atoms with E-state index in [1.165, 1.54) is 18.4 Å². The number of carbonyl (C=O) groups is 2. The molecule has 0 spiro atoms. The first-order valence-electron chi connectivity index (χ1n) is 9.72. The molecule has 2 unspecified atom stereocenters. The fraction of sp³-hybridized carbons (Fsp3) is 0.619. The highest BCUT2D eigenvalue weighted by Gasteiger charge is 2.26. The van der Waals surface area contributed by atoms with Gasteiger partial charge in [-0.2, -0.15) is 0 Å². The van der Waals surface area contributed by atoms with Crippen LogP contribution in [-0.2, 0) is 11.2 Å². The minimum absolute atomic E-state index is 0.141.